The molecule has 0 N–H and O–H groups in total. The summed E-state index contributed by atoms with van der Waals surface area (Å²) in [5.74, 6) is -0.347. The third-order valence-corrected chi connectivity index (χ3v) is 3.47. The van der Waals surface area contributed by atoms with E-state index in [1.54, 1.807) is 6.92 Å². The van der Waals surface area contributed by atoms with Crippen molar-refractivity contribution >= 4 is 12.1 Å². The van der Waals surface area contributed by atoms with Crippen LogP contribution in [0.5, 0.6) is 0 Å². The number of hydrogen-bond donors (Lipinski definition) is 0. The first kappa shape index (κ1) is 17.8. The van der Waals surface area contributed by atoms with E-state index in [1.807, 2.05) is 34.9 Å². The van der Waals surface area contributed by atoms with E-state index in [2.05, 4.69) is 4.90 Å². The van der Waals surface area contributed by atoms with Gasteiger partial charge in [-0.25, -0.2) is 9.59 Å². The predicted octanol–water partition coefficient (Wildman–Crippen LogP) is 1.88. The van der Waals surface area contributed by atoms with Crippen molar-refractivity contribution in [1.29, 1.82) is 0 Å². The van der Waals surface area contributed by atoms with Crippen LogP contribution in [0.15, 0.2) is 0 Å². The fourth-order valence-electron chi connectivity index (χ4n) is 2.38. The molecule has 1 aliphatic heterocycles. The Morgan fingerprint density at radius 3 is 2.33 bits per heavy atom. The molecule has 122 valence electrons. The van der Waals surface area contributed by atoms with Gasteiger partial charge in [0.1, 0.15) is 11.6 Å². The lowest BCUT2D eigenvalue weighted by molar-refractivity contribution is -0.151. The number of esters is 1. The summed E-state index contributed by atoms with van der Waals surface area (Å²) in [7, 11) is 3.95. The first-order valence-electron chi connectivity index (χ1n) is 7.48. The van der Waals surface area contributed by atoms with E-state index in [-0.39, 0.29) is 12.0 Å². The van der Waals surface area contributed by atoms with Crippen LogP contribution in [0.25, 0.3) is 0 Å². The number of amides is 1. The highest BCUT2D eigenvalue weighted by molar-refractivity contribution is 5.81. The van der Waals surface area contributed by atoms with Crippen LogP contribution in [-0.4, -0.2) is 66.8 Å². The molecule has 0 radical (unpaired) electrons. The predicted molar refractivity (Wildman–Crippen MR) is 80.1 cm³/mol. The number of carbonyl (C=O) groups is 2. The Labute approximate surface area is 127 Å². The SMILES string of the molecule is CCOC(=O)[C@@H]1CC[C@@H](N(C)C)CN1C(=O)OC(C)(C)C. The third kappa shape index (κ3) is 5.19. The molecular weight excluding hydrogens is 272 g/mol. The van der Waals surface area contributed by atoms with Gasteiger partial charge in [-0.2, -0.15) is 0 Å². The molecule has 0 aliphatic carbocycles. The minimum atomic E-state index is -0.582. The minimum Gasteiger partial charge on any atom is -0.464 e. The summed E-state index contributed by atoms with van der Waals surface area (Å²) in [6.45, 7) is 8.01. The summed E-state index contributed by atoms with van der Waals surface area (Å²) in [4.78, 5) is 28.0. The van der Waals surface area contributed by atoms with Crippen LogP contribution in [0.2, 0.25) is 0 Å². The molecule has 0 aromatic carbocycles. The number of nitrogens with zero attached hydrogens (tertiary/aromatic N) is 2. The van der Waals surface area contributed by atoms with E-state index >= 15 is 0 Å². The summed E-state index contributed by atoms with van der Waals surface area (Å²) in [6, 6.07) is -0.320. The van der Waals surface area contributed by atoms with Gasteiger partial charge in [-0.3, -0.25) is 4.90 Å². The molecule has 1 rings (SSSR count). The smallest absolute Gasteiger partial charge is 0.411 e. The van der Waals surface area contributed by atoms with Crippen molar-refractivity contribution in [2.75, 3.05) is 27.2 Å². The van der Waals surface area contributed by atoms with E-state index in [0.717, 1.165) is 6.42 Å². The minimum absolute atomic E-state index is 0.225. The molecule has 1 amide bonds. The maximum atomic E-state index is 12.4. The third-order valence-electron chi connectivity index (χ3n) is 3.47. The maximum Gasteiger partial charge on any atom is 0.411 e. The average molecular weight is 300 g/mol. The molecule has 1 saturated heterocycles. The van der Waals surface area contributed by atoms with Crippen LogP contribution in [0.3, 0.4) is 0 Å². The Hall–Kier alpha value is -1.30. The summed E-state index contributed by atoms with van der Waals surface area (Å²) in [6.07, 6.45) is 1.00. The van der Waals surface area contributed by atoms with E-state index < -0.39 is 17.7 Å². The first-order valence-corrected chi connectivity index (χ1v) is 7.48. The van der Waals surface area contributed by atoms with Gasteiger partial charge in [0, 0.05) is 12.6 Å². The van der Waals surface area contributed by atoms with Gasteiger partial charge in [-0.05, 0) is 54.6 Å². The van der Waals surface area contributed by atoms with Gasteiger partial charge in [0.2, 0.25) is 0 Å². The monoisotopic (exact) mass is 300 g/mol. The Balaban J connectivity index is 2.86. The molecule has 6 heteroatoms. The van der Waals surface area contributed by atoms with Crippen molar-refractivity contribution in [3.05, 3.63) is 0 Å². The maximum absolute atomic E-state index is 12.4. The molecule has 21 heavy (non-hydrogen) atoms. The normalized spacial score (nSPS) is 23.1. The van der Waals surface area contributed by atoms with Gasteiger partial charge in [0.05, 0.1) is 6.61 Å². The van der Waals surface area contributed by atoms with E-state index in [9.17, 15) is 9.59 Å². The van der Waals surface area contributed by atoms with Crippen molar-refractivity contribution in [3.8, 4) is 0 Å². The highest BCUT2D eigenvalue weighted by Crippen LogP contribution is 2.23. The van der Waals surface area contributed by atoms with Crippen LogP contribution in [0.4, 0.5) is 4.79 Å². The molecule has 1 aliphatic rings. The van der Waals surface area contributed by atoms with Crippen molar-refractivity contribution in [2.45, 2.75) is 58.2 Å². The number of hydrogen-bond acceptors (Lipinski definition) is 5. The zero-order valence-corrected chi connectivity index (χ0v) is 14.0. The first-order chi connectivity index (χ1) is 9.65. The molecular formula is C15H28N2O4. The Bertz CT molecular complexity index is 376. The molecule has 1 heterocycles. The highest BCUT2D eigenvalue weighted by atomic mass is 16.6. The second-order valence-electron chi connectivity index (χ2n) is 6.60. The highest BCUT2D eigenvalue weighted by Gasteiger charge is 2.39. The number of ether oxygens (including phenoxy) is 2. The van der Waals surface area contributed by atoms with Crippen LogP contribution < -0.4 is 0 Å². The quantitative estimate of drug-likeness (QED) is 0.745. The van der Waals surface area contributed by atoms with Gasteiger partial charge < -0.3 is 14.4 Å². The van der Waals surface area contributed by atoms with Crippen molar-refractivity contribution in [3.63, 3.8) is 0 Å². The summed E-state index contributed by atoms with van der Waals surface area (Å²) in [5, 5.41) is 0. The second-order valence-corrected chi connectivity index (χ2v) is 6.60. The summed E-state index contributed by atoms with van der Waals surface area (Å²) >= 11 is 0. The zero-order valence-electron chi connectivity index (χ0n) is 14.0. The zero-order chi connectivity index (χ0) is 16.2. The number of rotatable bonds is 3. The molecule has 0 aromatic rings. The summed E-state index contributed by atoms with van der Waals surface area (Å²) in [5.41, 5.74) is -0.582. The van der Waals surface area contributed by atoms with E-state index in [0.29, 0.717) is 19.6 Å². The Kier molecular flexibility index (Phi) is 6.01. The second kappa shape index (κ2) is 7.11. The molecule has 0 spiro atoms. The average Bonchev–Trinajstić information content (AvgIpc) is 2.36. The fourth-order valence-corrected chi connectivity index (χ4v) is 2.38. The Morgan fingerprint density at radius 2 is 1.86 bits per heavy atom. The van der Waals surface area contributed by atoms with Crippen LogP contribution in [0, 0.1) is 0 Å². The van der Waals surface area contributed by atoms with Gasteiger partial charge in [-0.1, -0.05) is 0 Å². The molecule has 2 atom stereocenters. The Morgan fingerprint density at radius 1 is 1.24 bits per heavy atom. The summed E-state index contributed by atoms with van der Waals surface area (Å²) < 4.78 is 10.5. The van der Waals surface area contributed by atoms with Crippen LogP contribution in [0.1, 0.15) is 40.5 Å². The van der Waals surface area contributed by atoms with Crippen molar-refractivity contribution in [2.24, 2.45) is 0 Å². The standard InChI is InChI=1S/C15H28N2O4/c1-7-20-13(18)12-9-8-11(16(5)6)10-17(12)14(19)21-15(2,3)4/h11-12H,7-10H2,1-6H3/t11-,12+/m1/s1. The largest absolute Gasteiger partial charge is 0.464 e. The lowest BCUT2D eigenvalue weighted by Crippen LogP contribution is -2.56. The van der Waals surface area contributed by atoms with Crippen LogP contribution >= 0.6 is 0 Å². The molecule has 0 bridgehead atoms. The number of likely N-dealkylation sites (tertiary alicyclic amines) is 1. The number of carbonyl (C=O) groups excluding carboxylic acids is 2. The lowest BCUT2D eigenvalue weighted by atomic mass is 9.98. The van der Waals surface area contributed by atoms with Gasteiger partial charge in [-0.15, -0.1) is 0 Å². The molecule has 1 fully saturated rings. The molecule has 0 unspecified atom stereocenters. The van der Waals surface area contributed by atoms with Crippen LogP contribution in [-0.2, 0) is 14.3 Å². The van der Waals surface area contributed by atoms with E-state index in [1.165, 1.54) is 4.90 Å². The van der Waals surface area contributed by atoms with Crippen molar-refractivity contribution in [1.82, 2.24) is 9.80 Å². The number of likely N-dealkylation sites (N-methyl/N-ethyl adjacent to an activating group) is 1. The molecule has 6 nitrogen and oxygen atoms in total. The lowest BCUT2D eigenvalue weighted by Gasteiger charge is -2.40. The molecule has 0 saturated carbocycles. The molecule has 0 aromatic heterocycles. The van der Waals surface area contributed by atoms with Gasteiger partial charge in [0.15, 0.2) is 0 Å². The van der Waals surface area contributed by atoms with Crippen molar-refractivity contribution < 1.29 is 19.1 Å². The van der Waals surface area contributed by atoms with E-state index in [4.69, 9.17) is 9.47 Å². The van der Waals surface area contributed by atoms with Gasteiger partial charge in [0.25, 0.3) is 0 Å². The topological polar surface area (TPSA) is 59.1 Å². The fraction of sp³-hybridized carbons (Fsp3) is 0.867. The van der Waals surface area contributed by atoms with Gasteiger partial charge >= 0.3 is 12.1 Å². The number of piperidine rings is 1.